The molecule has 1 aliphatic heterocycles. The van der Waals surface area contributed by atoms with E-state index in [1.165, 1.54) is 11.0 Å². The third kappa shape index (κ3) is 7.74. The summed E-state index contributed by atoms with van der Waals surface area (Å²) in [6.45, 7) is 10.9. The number of nitrogens with one attached hydrogen (secondary N) is 2. The zero-order chi connectivity index (χ0) is 32.8. The van der Waals surface area contributed by atoms with Gasteiger partial charge in [-0.1, -0.05) is 18.9 Å². The number of aliphatic hydroxyl groups is 1. The minimum atomic E-state index is -1.49. The number of hydrogen-bond acceptors (Lipinski definition) is 6. The lowest BCUT2D eigenvalue weighted by Gasteiger charge is -2.38. The molecule has 2 heterocycles. The number of rotatable bonds is 10. The lowest BCUT2D eigenvalue weighted by Crippen LogP contribution is -2.49. The van der Waals surface area contributed by atoms with Gasteiger partial charge in [0.05, 0.1) is 39.1 Å². The molecule has 0 bridgehead atoms. The molecule has 2 amide bonds. The molecule has 45 heavy (non-hydrogen) atoms. The molecule has 3 fully saturated rings. The topological polar surface area (TPSA) is 121 Å². The number of anilines is 1. The average Bonchev–Trinajstić information content (AvgIpc) is 3.89. The van der Waals surface area contributed by atoms with Crippen molar-refractivity contribution in [2.45, 2.75) is 114 Å². The van der Waals surface area contributed by atoms with Gasteiger partial charge in [0.1, 0.15) is 17.5 Å². The van der Waals surface area contributed by atoms with Crippen molar-refractivity contribution in [3.63, 3.8) is 0 Å². The van der Waals surface area contributed by atoms with Crippen LogP contribution < -0.4 is 10.0 Å². The zero-order valence-corrected chi connectivity index (χ0v) is 28.0. The summed E-state index contributed by atoms with van der Waals surface area (Å²) in [6, 6.07) is 7.27. The van der Waals surface area contributed by atoms with Crippen LogP contribution in [0.1, 0.15) is 97.6 Å². The van der Waals surface area contributed by atoms with Crippen LogP contribution >= 0.6 is 0 Å². The Morgan fingerprint density at radius 1 is 1.07 bits per heavy atom. The Labute approximate surface area is 268 Å². The van der Waals surface area contributed by atoms with Crippen LogP contribution in [-0.2, 0) is 26.1 Å². The Bertz CT molecular complexity index is 1440. The highest BCUT2D eigenvalue weighted by Crippen LogP contribution is 2.47. The second-order valence-electron chi connectivity index (χ2n) is 15.0. The van der Waals surface area contributed by atoms with Crippen molar-refractivity contribution in [2.75, 3.05) is 11.9 Å². The number of benzene rings is 1. The number of pyridine rings is 1. The van der Waals surface area contributed by atoms with E-state index >= 15 is 4.39 Å². The summed E-state index contributed by atoms with van der Waals surface area (Å²) < 4.78 is 37.6. The van der Waals surface area contributed by atoms with Crippen LogP contribution in [0.5, 0.6) is 0 Å². The normalized spacial score (nSPS) is 24.2. The van der Waals surface area contributed by atoms with Gasteiger partial charge in [0.25, 0.3) is 0 Å². The van der Waals surface area contributed by atoms with Gasteiger partial charge in [0.15, 0.2) is 0 Å². The first-order chi connectivity index (χ1) is 21.0. The van der Waals surface area contributed by atoms with Crippen LogP contribution in [0, 0.1) is 17.7 Å². The second kappa shape index (κ2) is 12.4. The van der Waals surface area contributed by atoms with Crippen molar-refractivity contribution in [1.82, 2.24) is 14.6 Å². The molecule has 2 aromatic rings. The summed E-state index contributed by atoms with van der Waals surface area (Å²) in [4.78, 5) is 32.5. The van der Waals surface area contributed by atoms with Gasteiger partial charge in [-0.15, -0.1) is 0 Å². The summed E-state index contributed by atoms with van der Waals surface area (Å²) in [5, 5.41) is 14.1. The van der Waals surface area contributed by atoms with Crippen molar-refractivity contribution in [2.24, 2.45) is 11.8 Å². The average molecular weight is 643 g/mol. The number of amides is 2. The minimum Gasteiger partial charge on any atom is -0.444 e. The van der Waals surface area contributed by atoms with Crippen LogP contribution in [0.2, 0.25) is 0 Å². The number of ether oxygens (including phenoxy) is 1. The summed E-state index contributed by atoms with van der Waals surface area (Å²) in [7, 11) is -1.49. The number of carbonyl (C=O) groups is 2. The van der Waals surface area contributed by atoms with E-state index < -0.39 is 56.3 Å². The molecule has 2 saturated carbocycles. The number of nitrogens with zero attached hydrogens (tertiary/aromatic N) is 2. The van der Waals surface area contributed by atoms with E-state index in [0.717, 1.165) is 37.7 Å². The summed E-state index contributed by atoms with van der Waals surface area (Å²) in [5.41, 5.74) is -1.54. The molecule has 1 aromatic heterocycles. The second-order valence-corrected chi connectivity index (χ2v) is 17.0. The Morgan fingerprint density at radius 2 is 1.73 bits per heavy atom. The number of β-amino-alcohol motifs (C(OH)–C–C–N with tert-alkyl or cyclic N) is 1. The van der Waals surface area contributed by atoms with Gasteiger partial charge in [0.2, 0.25) is 5.91 Å². The Kier molecular flexibility index (Phi) is 9.20. The predicted molar refractivity (Wildman–Crippen MR) is 172 cm³/mol. The summed E-state index contributed by atoms with van der Waals surface area (Å²) in [5.74, 6) is -0.675. The molecule has 246 valence electrons. The first kappa shape index (κ1) is 33.5. The molecule has 1 aromatic carbocycles. The molecule has 0 radical (unpaired) electrons. The maximum Gasteiger partial charge on any atom is 0.411 e. The van der Waals surface area contributed by atoms with Crippen molar-refractivity contribution in [3.05, 3.63) is 59.7 Å². The van der Waals surface area contributed by atoms with E-state index in [4.69, 9.17) is 4.74 Å². The Hall–Kier alpha value is -2.89. The zero-order valence-electron chi connectivity index (χ0n) is 27.2. The number of aromatic nitrogens is 1. The first-order valence-electron chi connectivity index (χ1n) is 15.9. The highest BCUT2D eigenvalue weighted by molar-refractivity contribution is 7.84. The van der Waals surface area contributed by atoms with Crippen molar-refractivity contribution in [3.8, 4) is 0 Å². The smallest absolute Gasteiger partial charge is 0.411 e. The fourth-order valence-corrected chi connectivity index (χ4v) is 7.04. The third-order valence-electron chi connectivity index (χ3n) is 8.97. The van der Waals surface area contributed by atoms with Crippen LogP contribution in [0.3, 0.4) is 0 Å². The van der Waals surface area contributed by atoms with Gasteiger partial charge in [0, 0.05) is 18.8 Å². The molecular formula is C34H47FN4O5S. The monoisotopic (exact) mass is 642 g/mol. The standard InChI is InChI=1S/C34H47FN4O5S/c1-31(2,3)44-30(41)39-21-33(42,23-9-10-23)20-28(39)29(40)37-27-19-25(11-12-26(27)35)34(16-13-22-7-8-22,24-14-17-36-18-15-24)38-45(43)32(4,5)6/h11-12,14-15,17-19,22-23,28,38,42H,7-10,13,16,20-21H2,1-6H3,(H,37,40)/t28-,33-,34?,45-/m1/s1. The summed E-state index contributed by atoms with van der Waals surface area (Å²) in [6.07, 6.45) is 8.12. The van der Waals surface area contributed by atoms with Crippen molar-refractivity contribution in [1.29, 1.82) is 0 Å². The Balaban J connectivity index is 1.50. The van der Waals surface area contributed by atoms with Crippen LogP contribution in [0.25, 0.3) is 0 Å². The number of halogens is 1. The number of carbonyl (C=O) groups excluding carboxylic acids is 2. The van der Waals surface area contributed by atoms with Gasteiger partial charge in [-0.2, -0.15) is 0 Å². The van der Waals surface area contributed by atoms with E-state index in [9.17, 15) is 18.9 Å². The lowest BCUT2D eigenvalue weighted by atomic mass is 9.79. The van der Waals surface area contributed by atoms with E-state index in [1.807, 2.05) is 32.9 Å². The predicted octanol–water partition coefficient (Wildman–Crippen LogP) is 5.80. The molecule has 2 aliphatic carbocycles. The van der Waals surface area contributed by atoms with Crippen LogP contribution in [0.15, 0.2) is 42.7 Å². The van der Waals surface area contributed by atoms with Gasteiger partial charge in [-0.25, -0.2) is 18.1 Å². The van der Waals surface area contributed by atoms with E-state index in [-0.39, 0.29) is 24.6 Å². The fourth-order valence-electron chi connectivity index (χ4n) is 6.08. The molecule has 3 aliphatic rings. The molecule has 11 heteroatoms. The molecule has 4 atom stereocenters. The Morgan fingerprint density at radius 3 is 2.31 bits per heavy atom. The molecule has 3 N–H and O–H groups in total. The van der Waals surface area contributed by atoms with Crippen LogP contribution in [0.4, 0.5) is 14.9 Å². The quantitative estimate of drug-likeness (QED) is 0.302. The third-order valence-corrected chi connectivity index (χ3v) is 10.6. The highest BCUT2D eigenvalue weighted by Gasteiger charge is 2.55. The van der Waals surface area contributed by atoms with Gasteiger partial charge < -0.3 is 15.2 Å². The molecule has 0 spiro atoms. The number of likely N-dealkylation sites (tertiary alicyclic amines) is 1. The van der Waals surface area contributed by atoms with E-state index in [1.54, 1.807) is 45.3 Å². The molecule has 9 nitrogen and oxygen atoms in total. The van der Waals surface area contributed by atoms with Crippen LogP contribution in [-0.4, -0.2) is 59.7 Å². The fraction of sp³-hybridized carbons (Fsp3) is 0.618. The molecule has 5 rings (SSSR count). The minimum absolute atomic E-state index is 0.00232. The molecule has 1 unspecified atom stereocenters. The van der Waals surface area contributed by atoms with Crippen molar-refractivity contribution < 1.29 is 28.0 Å². The lowest BCUT2D eigenvalue weighted by molar-refractivity contribution is -0.120. The highest BCUT2D eigenvalue weighted by atomic mass is 32.2. The van der Waals surface area contributed by atoms with E-state index in [0.29, 0.717) is 17.9 Å². The maximum absolute atomic E-state index is 15.5. The SMILES string of the molecule is CC(C)(C)OC(=O)N1C[C@@](O)(C2CC2)C[C@@H]1C(=O)Nc1cc(C(CCC2CC2)(N[S@](=O)C(C)(C)C)c2ccncc2)ccc1F. The maximum atomic E-state index is 15.5. The van der Waals surface area contributed by atoms with Crippen molar-refractivity contribution >= 4 is 28.7 Å². The first-order valence-corrected chi connectivity index (χ1v) is 17.1. The van der Waals surface area contributed by atoms with Gasteiger partial charge in [-0.05, 0) is 114 Å². The largest absolute Gasteiger partial charge is 0.444 e. The van der Waals surface area contributed by atoms with Gasteiger partial charge in [-0.3, -0.25) is 14.7 Å². The molecule has 1 saturated heterocycles. The number of hydrogen-bond donors (Lipinski definition) is 3. The summed E-state index contributed by atoms with van der Waals surface area (Å²) >= 11 is 0. The molecular weight excluding hydrogens is 595 g/mol. The van der Waals surface area contributed by atoms with E-state index in [2.05, 4.69) is 15.0 Å². The van der Waals surface area contributed by atoms with Gasteiger partial charge >= 0.3 is 6.09 Å².